The van der Waals surface area contributed by atoms with Gasteiger partial charge in [0.25, 0.3) is 0 Å². The standard InChI is InChI=1S/C17H19NO2/c1-5-7-12(6-2)15-11-17(20-4)14-9-8-13(19-3)10-16(14)18-15/h5-11H,1-4H3/b7-5-,12-6+. The van der Waals surface area contributed by atoms with Crippen LogP contribution in [0.25, 0.3) is 16.5 Å². The summed E-state index contributed by atoms with van der Waals surface area (Å²) >= 11 is 0. The lowest BCUT2D eigenvalue weighted by Crippen LogP contribution is -1.94. The van der Waals surface area contributed by atoms with E-state index in [1.165, 1.54) is 0 Å². The molecule has 3 heteroatoms. The van der Waals surface area contributed by atoms with E-state index >= 15 is 0 Å². The zero-order chi connectivity index (χ0) is 14.5. The fraction of sp³-hybridized carbons (Fsp3) is 0.235. The molecule has 0 amide bonds. The van der Waals surface area contributed by atoms with Crippen molar-refractivity contribution in [1.82, 2.24) is 4.98 Å². The van der Waals surface area contributed by atoms with Gasteiger partial charge in [-0.25, -0.2) is 4.98 Å². The summed E-state index contributed by atoms with van der Waals surface area (Å²) < 4.78 is 10.7. The van der Waals surface area contributed by atoms with Crippen molar-refractivity contribution in [3.8, 4) is 11.5 Å². The van der Waals surface area contributed by atoms with Crippen LogP contribution in [0.4, 0.5) is 0 Å². The van der Waals surface area contributed by atoms with Gasteiger partial charge in [0, 0.05) is 17.5 Å². The van der Waals surface area contributed by atoms with Gasteiger partial charge < -0.3 is 9.47 Å². The Bertz CT molecular complexity index is 672. The molecule has 2 aromatic rings. The first-order chi connectivity index (χ1) is 9.73. The number of allylic oxidation sites excluding steroid dienone is 4. The molecule has 0 aliphatic carbocycles. The summed E-state index contributed by atoms with van der Waals surface area (Å²) in [7, 11) is 3.33. The van der Waals surface area contributed by atoms with Gasteiger partial charge in [0.2, 0.25) is 0 Å². The summed E-state index contributed by atoms with van der Waals surface area (Å²) in [5.41, 5.74) is 2.82. The molecule has 0 saturated carbocycles. The van der Waals surface area contributed by atoms with E-state index in [0.29, 0.717) is 0 Å². The number of nitrogens with zero attached hydrogens (tertiary/aromatic N) is 1. The quantitative estimate of drug-likeness (QED) is 0.778. The number of fused-ring (bicyclic) bond motifs is 1. The van der Waals surface area contributed by atoms with Crippen LogP contribution in [0.1, 0.15) is 19.5 Å². The van der Waals surface area contributed by atoms with Crippen LogP contribution in [-0.2, 0) is 0 Å². The van der Waals surface area contributed by atoms with Crippen LogP contribution in [-0.4, -0.2) is 19.2 Å². The van der Waals surface area contributed by atoms with Crippen LogP contribution in [0.3, 0.4) is 0 Å². The van der Waals surface area contributed by atoms with E-state index in [9.17, 15) is 0 Å². The Morgan fingerprint density at radius 1 is 1.10 bits per heavy atom. The van der Waals surface area contributed by atoms with E-state index in [4.69, 9.17) is 14.5 Å². The number of hydrogen-bond acceptors (Lipinski definition) is 3. The molecule has 2 rings (SSSR count). The highest BCUT2D eigenvalue weighted by atomic mass is 16.5. The predicted molar refractivity (Wildman–Crippen MR) is 83.3 cm³/mol. The predicted octanol–water partition coefficient (Wildman–Crippen LogP) is 4.23. The van der Waals surface area contributed by atoms with Crippen molar-refractivity contribution in [2.45, 2.75) is 13.8 Å². The molecule has 0 fully saturated rings. The fourth-order valence-corrected chi connectivity index (χ4v) is 2.13. The zero-order valence-electron chi connectivity index (χ0n) is 12.3. The minimum Gasteiger partial charge on any atom is -0.497 e. The SMILES string of the molecule is C/C=C\C(=C/C)c1cc(OC)c2ccc(OC)cc2n1. The summed E-state index contributed by atoms with van der Waals surface area (Å²) in [6.07, 6.45) is 6.07. The second kappa shape index (κ2) is 6.24. The molecule has 104 valence electrons. The normalized spacial score (nSPS) is 12.1. The maximum Gasteiger partial charge on any atom is 0.130 e. The van der Waals surface area contributed by atoms with E-state index in [1.807, 2.05) is 56.3 Å². The average Bonchev–Trinajstić information content (AvgIpc) is 2.50. The van der Waals surface area contributed by atoms with Crippen LogP contribution in [0.2, 0.25) is 0 Å². The maximum absolute atomic E-state index is 5.48. The molecule has 0 aliphatic rings. The van der Waals surface area contributed by atoms with E-state index < -0.39 is 0 Å². The van der Waals surface area contributed by atoms with Gasteiger partial charge in [-0.2, -0.15) is 0 Å². The van der Waals surface area contributed by atoms with Gasteiger partial charge in [0.05, 0.1) is 25.4 Å². The molecule has 0 N–H and O–H groups in total. The van der Waals surface area contributed by atoms with E-state index in [1.54, 1.807) is 14.2 Å². The Morgan fingerprint density at radius 2 is 1.90 bits per heavy atom. The molecule has 0 bridgehead atoms. The molecule has 20 heavy (non-hydrogen) atoms. The zero-order valence-corrected chi connectivity index (χ0v) is 12.3. The molecule has 1 aromatic carbocycles. The maximum atomic E-state index is 5.48. The van der Waals surface area contributed by atoms with Crippen molar-refractivity contribution < 1.29 is 9.47 Å². The third-order valence-corrected chi connectivity index (χ3v) is 3.15. The second-order valence-electron chi connectivity index (χ2n) is 4.34. The monoisotopic (exact) mass is 269 g/mol. The largest absolute Gasteiger partial charge is 0.497 e. The summed E-state index contributed by atoms with van der Waals surface area (Å²) in [5, 5.41) is 0.980. The molecule has 0 atom stereocenters. The number of methoxy groups -OCH3 is 2. The number of pyridine rings is 1. The molecular weight excluding hydrogens is 250 g/mol. The molecule has 0 spiro atoms. The van der Waals surface area contributed by atoms with Gasteiger partial charge in [-0.3, -0.25) is 0 Å². The lowest BCUT2D eigenvalue weighted by Gasteiger charge is -2.10. The Morgan fingerprint density at radius 3 is 2.50 bits per heavy atom. The molecule has 0 aliphatic heterocycles. The number of aromatic nitrogens is 1. The molecule has 3 nitrogen and oxygen atoms in total. The van der Waals surface area contributed by atoms with E-state index in [2.05, 4.69) is 0 Å². The van der Waals surface area contributed by atoms with Crippen LogP contribution in [0, 0.1) is 0 Å². The number of benzene rings is 1. The first kappa shape index (κ1) is 14.1. The van der Waals surface area contributed by atoms with E-state index in [-0.39, 0.29) is 0 Å². The molecule has 0 unspecified atom stereocenters. The molecule has 1 heterocycles. The third-order valence-electron chi connectivity index (χ3n) is 3.15. The lowest BCUT2D eigenvalue weighted by atomic mass is 10.1. The summed E-state index contributed by atoms with van der Waals surface area (Å²) in [6.45, 7) is 3.99. The Labute approximate surface area is 119 Å². The number of rotatable bonds is 4. The van der Waals surface area contributed by atoms with Crippen LogP contribution in [0.5, 0.6) is 11.5 Å². The topological polar surface area (TPSA) is 31.4 Å². The highest BCUT2D eigenvalue weighted by molar-refractivity contribution is 5.89. The third kappa shape index (κ3) is 2.67. The van der Waals surface area contributed by atoms with E-state index in [0.717, 1.165) is 33.7 Å². The minimum atomic E-state index is 0.789. The highest BCUT2D eigenvalue weighted by Gasteiger charge is 2.09. The molecule has 1 aromatic heterocycles. The van der Waals surface area contributed by atoms with Crippen molar-refractivity contribution in [2.24, 2.45) is 0 Å². The Balaban J connectivity index is 2.68. The van der Waals surface area contributed by atoms with Crippen molar-refractivity contribution in [2.75, 3.05) is 14.2 Å². The van der Waals surface area contributed by atoms with Gasteiger partial charge in [0.15, 0.2) is 0 Å². The summed E-state index contributed by atoms with van der Waals surface area (Å²) in [6, 6.07) is 7.76. The smallest absolute Gasteiger partial charge is 0.130 e. The van der Waals surface area contributed by atoms with Crippen molar-refractivity contribution in [3.05, 3.63) is 48.2 Å². The number of hydrogen-bond donors (Lipinski definition) is 0. The summed E-state index contributed by atoms with van der Waals surface area (Å²) in [5.74, 6) is 1.61. The van der Waals surface area contributed by atoms with Crippen LogP contribution in [0.15, 0.2) is 42.5 Å². The van der Waals surface area contributed by atoms with Gasteiger partial charge in [-0.05, 0) is 31.6 Å². The first-order valence-electron chi connectivity index (χ1n) is 6.55. The van der Waals surface area contributed by atoms with Crippen molar-refractivity contribution in [3.63, 3.8) is 0 Å². The minimum absolute atomic E-state index is 0.789. The van der Waals surface area contributed by atoms with Gasteiger partial charge in [0.1, 0.15) is 11.5 Å². The lowest BCUT2D eigenvalue weighted by molar-refractivity contribution is 0.414. The Hall–Kier alpha value is -2.29. The molecule has 0 radical (unpaired) electrons. The molecule has 0 saturated heterocycles. The molecular formula is C17H19NO2. The second-order valence-corrected chi connectivity index (χ2v) is 4.34. The van der Waals surface area contributed by atoms with Crippen molar-refractivity contribution >= 4 is 16.5 Å². The van der Waals surface area contributed by atoms with Gasteiger partial charge >= 0.3 is 0 Å². The fourth-order valence-electron chi connectivity index (χ4n) is 2.13. The Kier molecular flexibility index (Phi) is 4.41. The summed E-state index contributed by atoms with van der Waals surface area (Å²) in [4.78, 5) is 4.70. The number of ether oxygens (including phenoxy) is 2. The van der Waals surface area contributed by atoms with Gasteiger partial charge in [-0.15, -0.1) is 0 Å². The van der Waals surface area contributed by atoms with Gasteiger partial charge in [-0.1, -0.05) is 18.2 Å². The average molecular weight is 269 g/mol. The van der Waals surface area contributed by atoms with Crippen LogP contribution < -0.4 is 9.47 Å². The van der Waals surface area contributed by atoms with Crippen LogP contribution >= 0.6 is 0 Å². The highest BCUT2D eigenvalue weighted by Crippen LogP contribution is 2.30. The van der Waals surface area contributed by atoms with Crippen molar-refractivity contribution in [1.29, 1.82) is 0 Å². The first-order valence-corrected chi connectivity index (χ1v) is 6.55.